The van der Waals surface area contributed by atoms with Crippen LogP contribution in [-0.4, -0.2) is 60.4 Å². The summed E-state index contributed by atoms with van der Waals surface area (Å²) in [6, 6.07) is 14.5. The number of H-pyrrole nitrogens is 1. The molecule has 1 aromatic heterocycles. The highest BCUT2D eigenvalue weighted by Crippen LogP contribution is 2.25. The Kier molecular flexibility index (Phi) is 5.55. The lowest BCUT2D eigenvalue weighted by Gasteiger charge is -2.37. The summed E-state index contributed by atoms with van der Waals surface area (Å²) in [4.78, 5) is 7.96. The number of aliphatic hydroxyl groups is 1. The maximum atomic E-state index is 10.5. The molecule has 2 N–H and O–H groups in total. The first-order valence-electron chi connectivity index (χ1n) is 10.0. The first-order chi connectivity index (χ1) is 13.6. The minimum absolute atomic E-state index is 0.307. The highest BCUT2D eigenvalue weighted by Gasteiger charge is 2.21. The molecule has 2 aromatic carbocycles. The van der Waals surface area contributed by atoms with Crippen molar-refractivity contribution in [2.75, 3.05) is 44.2 Å². The number of piperazine rings is 1. The van der Waals surface area contributed by atoms with Gasteiger partial charge in [-0.05, 0) is 49.2 Å². The van der Waals surface area contributed by atoms with Crippen molar-refractivity contribution in [3.8, 4) is 5.75 Å². The number of ether oxygens (including phenoxy) is 1. The third-order valence-electron chi connectivity index (χ3n) is 5.74. The van der Waals surface area contributed by atoms with Gasteiger partial charge in [-0.1, -0.05) is 18.2 Å². The van der Waals surface area contributed by atoms with Crippen molar-refractivity contribution in [3.05, 3.63) is 59.8 Å². The molecule has 5 heteroatoms. The Labute approximate surface area is 166 Å². The van der Waals surface area contributed by atoms with Crippen LogP contribution in [0.3, 0.4) is 0 Å². The Hall–Kier alpha value is -2.50. The van der Waals surface area contributed by atoms with Gasteiger partial charge in [0.25, 0.3) is 0 Å². The van der Waals surface area contributed by atoms with E-state index in [-0.39, 0.29) is 0 Å². The van der Waals surface area contributed by atoms with Crippen LogP contribution in [0.1, 0.15) is 11.1 Å². The van der Waals surface area contributed by atoms with Crippen LogP contribution < -0.4 is 9.64 Å². The summed E-state index contributed by atoms with van der Waals surface area (Å²) in [5.41, 5.74) is 5.09. The maximum Gasteiger partial charge on any atom is 0.128 e. The topological polar surface area (TPSA) is 51.7 Å². The molecule has 28 heavy (non-hydrogen) atoms. The molecule has 1 fully saturated rings. The van der Waals surface area contributed by atoms with E-state index in [1.54, 1.807) is 0 Å². The Morgan fingerprint density at radius 1 is 1.04 bits per heavy atom. The van der Waals surface area contributed by atoms with Crippen LogP contribution in [0.5, 0.6) is 5.75 Å². The largest absolute Gasteiger partial charge is 0.490 e. The van der Waals surface area contributed by atoms with Gasteiger partial charge in [0.15, 0.2) is 0 Å². The molecular formula is C23H29N3O2. The average molecular weight is 380 g/mol. The smallest absolute Gasteiger partial charge is 0.128 e. The van der Waals surface area contributed by atoms with E-state index in [1.807, 2.05) is 30.5 Å². The molecule has 1 saturated heterocycles. The zero-order valence-corrected chi connectivity index (χ0v) is 16.7. The number of β-amino-alcohol motifs (C(OH)–C–C–N with tert-alkyl or cyclic N) is 1. The number of nitrogens with one attached hydrogen (secondary N) is 1. The molecular weight excluding hydrogens is 350 g/mol. The molecule has 0 bridgehead atoms. The quantitative estimate of drug-likeness (QED) is 0.690. The van der Waals surface area contributed by atoms with Crippen LogP contribution in [0, 0.1) is 13.8 Å². The summed E-state index contributed by atoms with van der Waals surface area (Å²) < 4.78 is 5.89. The average Bonchev–Trinajstić information content (AvgIpc) is 3.19. The molecule has 0 spiro atoms. The van der Waals surface area contributed by atoms with Gasteiger partial charge in [0.1, 0.15) is 18.5 Å². The highest BCUT2D eigenvalue weighted by molar-refractivity contribution is 5.85. The van der Waals surface area contributed by atoms with Gasteiger partial charge in [-0.15, -0.1) is 0 Å². The third-order valence-corrected chi connectivity index (χ3v) is 5.74. The van der Waals surface area contributed by atoms with Gasteiger partial charge < -0.3 is 19.7 Å². The predicted molar refractivity (Wildman–Crippen MR) is 114 cm³/mol. The second-order valence-corrected chi connectivity index (χ2v) is 7.67. The fourth-order valence-corrected chi connectivity index (χ4v) is 3.97. The number of benzene rings is 2. The lowest BCUT2D eigenvalue weighted by atomic mass is 10.1. The van der Waals surface area contributed by atoms with Gasteiger partial charge in [0.05, 0.1) is 0 Å². The summed E-state index contributed by atoms with van der Waals surface area (Å²) in [5, 5.41) is 11.5. The Morgan fingerprint density at radius 2 is 1.82 bits per heavy atom. The monoisotopic (exact) mass is 379 g/mol. The summed E-state index contributed by atoms with van der Waals surface area (Å²) in [6.07, 6.45) is 1.41. The number of aromatic nitrogens is 1. The van der Waals surface area contributed by atoms with E-state index < -0.39 is 6.10 Å². The number of nitrogens with zero attached hydrogens (tertiary/aromatic N) is 2. The van der Waals surface area contributed by atoms with Crippen LogP contribution in [0.25, 0.3) is 10.9 Å². The number of hydrogen-bond acceptors (Lipinski definition) is 4. The van der Waals surface area contributed by atoms with E-state index >= 15 is 0 Å². The van der Waals surface area contributed by atoms with Gasteiger partial charge in [0, 0.05) is 55.5 Å². The van der Waals surface area contributed by atoms with E-state index in [4.69, 9.17) is 4.74 Å². The van der Waals surface area contributed by atoms with Crippen molar-refractivity contribution in [3.63, 3.8) is 0 Å². The molecule has 5 nitrogen and oxygen atoms in total. The Bertz CT molecular complexity index is 928. The third kappa shape index (κ3) is 4.01. The lowest BCUT2D eigenvalue weighted by Crippen LogP contribution is -2.49. The van der Waals surface area contributed by atoms with Crippen LogP contribution >= 0.6 is 0 Å². The van der Waals surface area contributed by atoms with E-state index in [9.17, 15) is 5.11 Å². The molecule has 0 radical (unpaired) electrons. The van der Waals surface area contributed by atoms with Crippen molar-refractivity contribution in [2.45, 2.75) is 20.0 Å². The Balaban J connectivity index is 1.27. The van der Waals surface area contributed by atoms with E-state index in [0.717, 1.165) is 42.8 Å². The minimum atomic E-state index is -0.499. The van der Waals surface area contributed by atoms with E-state index in [0.29, 0.717) is 13.2 Å². The second-order valence-electron chi connectivity index (χ2n) is 7.67. The fraction of sp³-hybridized carbons (Fsp3) is 0.391. The molecule has 0 unspecified atom stereocenters. The number of aliphatic hydroxyl groups excluding tert-OH is 1. The maximum absolute atomic E-state index is 10.5. The number of fused-ring (bicyclic) bond motifs is 1. The highest BCUT2D eigenvalue weighted by atomic mass is 16.5. The van der Waals surface area contributed by atoms with Gasteiger partial charge in [0.2, 0.25) is 0 Å². The van der Waals surface area contributed by atoms with Gasteiger partial charge >= 0.3 is 0 Å². The van der Waals surface area contributed by atoms with Crippen molar-refractivity contribution < 1.29 is 9.84 Å². The van der Waals surface area contributed by atoms with Crippen LogP contribution in [0.4, 0.5) is 5.69 Å². The number of rotatable bonds is 6. The number of aryl methyl sites for hydroxylation is 1. The first kappa shape index (κ1) is 18.8. The number of anilines is 1. The van der Waals surface area contributed by atoms with E-state index in [2.05, 4.69) is 46.8 Å². The second kappa shape index (κ2) is 8.25. The van der Waals surface area contributed by atoms with E-state index in [1.165, 1.54) is 16.8 Å². The fourth-order valence-electron chi connectivity index (χ4n) is 3.97. The molecule has 0 aliphatic carbocycles. The SMILES string of the molecule is Cc1cccc(N2CCN(C[C@H](O)COc3cccc4[nH]ccc34)CC2)c1C. The molecule has 2 heterocycles. The van der Waals surface area contributed by atoms with Crippen molar-refractivity contribution in [1.29, 1.82) is 0 Å². The predicted octanol–water partition coefficient (Wildman–Crippen LogP) is 3.35. The summed E-state index contributed by atoms with van der Waals surface area (Å²) in [7, 11) is 0. The zero-order chi connectivity index (χ0) is 19.5. The number of hydrogen-bond donors (Lipinski definition) is 2. The van der Waals surface area contributed by atoms with Gasteiger partial charge in [-0.3, -0.25) is 4.90 Å². The first-order valence-corrected chi connectivity index (χ1v) is 10.0. The molecule has 148 valence electrons. The molecule has 1 aliphatic rings. The molecule has 4 rings (SSSR count). The lowest BCUT2D eigenvalue weighted by molar-refractivity contribution is 0.0668. The van der Waals surface area contributed by atoms with Crippen LogP contribution in [-0.2, 0) is 0 Å². The molecule has 3 aromatic rings. The molecule has 0 amide bonds. The van der Waals surface area contributed by atoms with Gasteiger partial charge in [-0.2, -0.15) is 0 Å². The summed E-state index contributed by atoms with van der Waals surface area (Å²) in [5.74, 6) is 0.817. The van der Waals surface area contributed by atoms with Crippen molar-refractivity contribution >= 4 is 16.6 Å². The number of aromatic amines is 1. The van der Waals surface area contributed by atoms with Crippen molar-refractivity contribution in [1.82, 2.24) is 9.88 Å². The summed E-state index contributed by atoms with van der Waals surface area (Å²) in [6.45, 7) is 9.20. The summed E-state index contributed by atoms with van der Waals surface area (Å²) >= 11 is 0. The standard InChI is InChI=1S/C23H29N3O2/c1-17-5-3-7-22(18(17)2)26-13-11-25(12-14-26)15-19(27)16-28-23-8-4-6-21-20(23)9-10-24-21/h3-10,19,24,27H,11-16H2,1-2H3/t19-/m0/s1. The minimum Gasteiger partial charge on any atom is -0.490 e. The van der Waals surface area contributed by atoms with Crippen LogP contribution in [0.15, 0.2) is 48.7 Å². The van der Waals surface area contributed by atoms with Crippen molar-refractivity contribution in [2.24, 2.45) is 0 Å². The zero-order valence-electron chi connectivity index (χ0n) is 16.7. The molecule has 1 atom stereocenters. The Morgan fingerprint density at radius 3 is 2.64 bits per heavy atom. The van der Waals surface area contributed by atoms with Gasteiger partial charge in [-0.25, -0.2) is 0 Å². The molecule has 1 aliphatic heterocycles. The molecule has 0 saturated carbocycles. The van der Waals surface area contributed by atoms with Crippen LogP contribution in [0.2, 0.25) is 0 Å². The normalized spacial score (nSPS) is 16.5.